The van der Waals surface area contributed by atoms with Crippen molar-refractivity contribution in [3.63, 3.8) is 0 Å². The van der Waals surface area contributed by atoms with Crippen LogP contribution in [0.2, 0.25) is 0 Å². The van der Waals surface area contributed by atoms with E-state index in [1.807, 2.05) is 13.8 Å². The number of benzene rings is 1. The minimum Gasteiger partial charge on any atom is -0.493 e. The largest absolute Gasteiger partial charge is 0.493 e. The van der Waals surface area contributed by atoms with Crippen LogP contribution in [0.25, 0.3) is 0 Å². The van der Waals surface area contributed by atoms with Crippen molar-refractivity contribution in [2.45, 2.75) is 33.1 Å². The summed E-state index contributed by atoms with van der Waals surface area (Å²) < 4.78 is 21.7. The Kier molecular flexibility index (Phi) is 6.72. The molecule has 27 heavy (non-hydrogen) atoms. The highest BCUT2D eigenvalue weighted by atomic mass is 16.5. The Balaban J connectivity index is 2.68. The third kappa shape index (κ3) is 4.00. The third-order valence-electron chi connectivity index (χ3n) is 4.13. The van der Waals surface area contributed by atoms with Crippen LogP contribution in [-0.2, 0) is 14.3 Å². The van der Waals surface area contributed by atoms with Crippen LogP contribution < -0.4 is 15.2 Å². The molecule has 0 bridgehead atoms. The van der Waals surface area contributed by atoms with E-state index in [1.165, 1.54) is 0 Å². The van der Waals surface area contributed by atoms with Crippen molar-refractivity contribution in [3.8, 4) is 17.6 Å². The molecular formula is C20H24N2O5. The van der Waals surface area contributed by atoms with Gasteiger partial charge in [0, 0.05) is 6.42 Å². The van der Waals surface area contributed by atoms with E-state index in [0.29, 0.717) is 35.8 Å². The molecule has 0 radical (unpaired) electrons. The summed E-state index contributed by atoms with van der Waals surface area (Å²) in [7, 11) is 1.55. The van der Waals surface area contributed by atoms with E-state index >= 15 is 0 Å². The van der Waals surface area contributed by atoms with Crippen LogP contribution in [0.3, 0.4) is 0 Å². The van der Waals surface area contributed by atoms with Gasteiger partial charge in [-0.3, -0.25) is 0 Å². The van der Waals surface area contributed by atoms with Crippen LogP contribution in [0.15, 0.2) is 41.0 Å². The first-order chi connectivity index (χ1) is 13.0. The topological polar surface area (TPSA) is 104 Å². The first-order valence-electron chi connectivity index (χ1n) is 8.80. The summed E-state index contributed by atoms with van der Waals surface area (Å²) >= 11 is 0. The number of hydrogen-bond donors (Lipinski definition) is 1. The van der Waals surface area contributed by atoms with Gasteiger partial charge < -0.3 is 24.7 Å². The van der Waals surface area contributed by atoms with Gasteiger partial charge in [0.25, 0.3) is 0 Å². The average molecular weight is 372 g/mol. The first kappa shape index (κ1) is 20.2. The molecular weight excluding hydrogens is 348 g/mol. The molecule has 0 aliphatic carbocycles. The number of nitrogens with two attached hydrogens (primary N) is 1. The summed E-state index contributed by atoms with van der Waals surface area (Å²) in [5.74, 6) is 0.211. The monoisotopic (exact) mass is 372 g/mol. The van der Waals surface area contributed by atoms with Crippen LogP contribution in [-0.4, -0.2) is 26.3 Å². The maximum atomic E-state index is 12.7. The van der Waals surface area contributed by atoms with Gasteiger partial charge in [0.15, 0.2) is 11.5 Å². The van der Waals surface area contributed by atoms with Crippen LogP contribution in [0.1, 0.15) is 38.7 Å². The number of hydrogen-bond acceptors (Lipinski definition) is 7. The summed E-state index contributed by atoms with van der Waals surface area (Å²) in [6, 6.07) is 7.32. The lowest BCUT2D eigenvalue weighted by Gasteiger charge is -2.28. The van der Waals surface area contributed by atoms with Crippen LogP contribution in [0.5, 0.6) is 11.5 Å². The van der Waals surface area contributed by atoms with Crippen LogP contribution in [0.4, 0.5) is 0 Å². The Morgan fingerprint density at radius 2 is 2.00 bits per heavy atom. The zero-order valence-corrected chi connectivity index (χ0v) is 16.0. The summed E-state index contributed by atoms with van der Waals surface area (Å²) in [4.78, 5) is 12.7. The van der Waals surface area contributed by atoms with Crippen LogP contribution in [0, 0.1) is 11.3 Å². The van der Waals surface area contributed by atoms with Gasteiger partial charge >= 0.3 is 5.97 Å². The van der Waals surface area contributed by atoms with E-state index in [-0.39, 0.29) is 23.6 Å². The third-order valence-corrected chi connectivity index (χ3v) is 4.13. The highest BCUT2D eigenvalue weighted by molar-refractivity contribution is 5.92. The molecule has 0 spiro atoms. The highest BCUT2D eigenvalue weighted by Gasteiger charge is 2.37. The number of rotatable bonds is 7. The molecule has 1 unspecified atom stereocenters. The highest BCUT2D eigenvalue weighted by Crippen LogP contribution is 2.42. The number of ether oxygens (including phenoxy) is 4. The number of nitrogens with zero attached hydrogens (tertiary/aromatic N) is 1. The number of allylic oxidation sites excluding steroid dienone is 2. The SMILES string of the molecule is CCOC(=O)C1=C(CC)OC(N)=C(C#N)C1c1ccc(OC)c(OCC)c1. The smallest absolute Gasteiger partial charge is 0.338 e. The van der Waals surface area contributed by atoms with Crippen molar-refractivity contribution in [1.82, 2.24) is 0 Å². The quantitative estimate of drug-likeness (QED) is 0.733. The number of esters is 1. The number of carbonyl (C=O) groups is 1. The minimum absolute atomic E-state index is 0.0128. The van der Waals surface area contributed by atoms with Gasteiger partial charge in [0.05, 0.1) is 31.8 Å². The van der Waals surface area contributed by atoms with Gasteiger partial charge in [-0.05, 0) is 31.5 Å². The molecule has 0 amide bonds. The normalized spacial score (nSPS) is 16.5. The zero-order valence-electron chi connectivity index (χ0n) is 16.0. The Labute approximate surface area is 159 Å². The molecule has 7 heteroatoms. The lowest BCUT2D eigenvalue weighted by Crippen LogP contribution is -2.26. The second kappa shape index (κ2) is 8.99. The van der Waals surface area contributed by atoms with E-state index in [4.69, 9.17) is 24.7 Å². The lowest BCUT2D eigenvalue weighted by molar-refractivity contribution is -0.139. The van der Waals surface area contributed by atoms with Crippen LogP contribution >= 0.6 is 0 Å². The molecule has 0 aromatic heterocycles. The van der Waals surface area contributed by atoms with E-state index in [2.05, 4.69) is 6.07 Å². The molecule has 0 saturated carbocycles. The Bertz CT molecular complexity index is 820. The van der Waals surface area contributed by atoms with Gasteiger partial charge in [-0.2, -0.15) is 5.26 Å². The molecule has 1 aromatic rings. The Hall–Kier alpha value is -3.14. The molecule has 1 aliphatic heterocycles. The molecule has 1 atom stereocenters. The molecule has 2 rings (SSSR count). The summed E-state index contributed by atoms with van der Waals surface area (Å²) in [6.07, 6.45) is 0.429. The van der Waals surface area contributed by atoms with E-state index < -0.39 is 11.9 Å². The molecule has 2 N–H and O–H groups in total. The van der Waals surface area contributed by atoms with Crippen molar-refractivity contribution < 1.29 is 23.7 Å². The van der Waals surface area contributed by atoms with Crippen molar-refractivity contribution in [2.24, 2.45) is 5.73 Å². The fourth-order valence-corrected chi connectivity index (χ4v) is 2.99. The summed E-state index contributed by atoms with van der Waals surface area (Å²) in [6.45, 7) is 6.07. The minimum atomic E-state index is -0.706. The predicted octanol–water partition coefficient (Wildman–Crippen LogP) is 3.13. The number of methoxy groups -OCH3 is 1. The first-order valence-corrected chi connectivity index (χ1v) is 8.80. The molecule has 144 valence electrons. The summed E-state index contributed by atoms with van der Waals surface area (Å²) in [5, 5.41) is 9.66. The Morgan fingerprint density at radius 3 is 2.56 bits per heavy atom. The van der Waals surface area contributed by atoms with E-state index in [9.17, 15) is 10.1 Å². The lowest BCUT2D eigenvalue weighted by atomic mass is 9.82. The second-order valence-electron chi connectivity index (χ2n) is 5.68. The molecule has 7 nitrogen and oxygen atoms in total. The van der Waals surface area contributed by atoms with Gasteiger partial charge in [-0.1, -0.05) is 13.0 Å². The fraction of sp³-hybridized carbons (Fsp3) is 0.400. The van der Waals surface area contributed by atoms with Crippen molar-refractivity contribution in [3.05, 3.63) is 46.6 Å². The molecule has 0 saturated heterocycles. The zero-order chi connectivity index (χ0) is 20.0. The maximum absolute atomic E-state index is 12.7. The number of nitriles is 1. The molecule has 1 aromatic carbocycles. The molecule has 1 aliphatic rings. The standard InChI is InChI=1S/C20H24N2O5/c1-5-14-18(20(23)26-7-3)17(13(11-21)19(22)27-14)12-8-9-15(24-4)16(10-12)25-6-2/h8-10,17H,5-7,22H2,1-4H3. The average Bonchev–Trinajstić information content (AvgIpc) is 2.67. The molecule has 1 heterocycles. The van der Waals surface area contributed by atoms with Crippen molar-refractivity contribution in [1.29, 1.82) is 5.26 Å². The van der Waals surface area contributed by atoms with Gasteiger partial charge in [-0.25, -0.2) is 4.79 Å². The maximum Gasteiger partial charge on any atom is 0.338 e. The van der Waals surface area contributed by atoms with Crippen molar-refractivity contribution in [2.75, 3.05) is 20.3 Å². The summed E-state index contributed by atoms with van der Waals surface area (Å²) in [5.41, 5.74) is 7.06. The van der Waals surface area contributed by atoms with Gasteiger partial charge in [0.2, 0.25) is 5.88 Å². The van der Waals surface area contributed by atoms with E-state index in [1.54, 1.807) is 32.2 Å². The number of carbonyl (C=O) groups excluding carboxylic acids is 1. The Morgan fingerprint density at radius 1 is 1.26 bits per heavy atom. The van der Waals surface area contributed by atoms with Crippen molar-refractivity contribution >= 4 is 5.97 Å². The second-order valence-corrected chi connectivity index (χ2v) is 5.68. The van der Waals surface area contributed by atoms with Gasteiger partial charge in [0.1, 0.15) is 17.4 Å². The molecule has 0 fully saturated rings. The van der Waals surface area contributed by atoms with Gasteiger partial charge in [-0.15, -0.1) is 0 Å². The fourth-order valence-electron chi connectivity index (χ4n) is 2.99. The van der Waals surface area contributed by atoms with E-state index in [0.717, 1.165) is 0 Å². The predicted molar refractivity (Wildman–Crippen MR) is 98.8 cm³/mol.